The minimum absolute atomic E-state index is 0.0267. The van der Waals surface area contributed by atoms with Crippen LogP contribution >= 0.6 is 0 Å². The van der Waals surface area contributed by atoms with Crippen molar-refractivity contribution >= 4 is 23.4 Å². The van der Waals surface area contributed by atoms with Gasteiger partial charge in [-0.25, -0.2) is 0 Å². The number of allylic oxidation sites excluding steroid dienone is 9. The van der Waals surface area contributed by atoms with Gasteiger partial charge < -0.3 is 25.6 Å². The Balaban J connectivity index is 1.60. The third kappa shape index (κ3) is 8.09. The molecule has 0 aromatic rings. The van der Waals surface area contributed by atoms with E-state index in [4.69, 9.17) is 4.74 Å². The summed E-state index contributed by atoms with van der Waals surface area (Å²) in [6.45, 7) is 7.90. The van der Waals surface area contributed by atoms with Gasteiger partial charge in [-0.05, 0) is 38.3 Å². The largest absolute Gasteiger partial charge is 0.510 e. The average molecular weight is 551 g/mol. The van der Waals surface area contributed by atoms with Gasteiger partial charge in [0, 0.05) is 24.5 Å². The molecule has 0 saturated carbocycles. The van der Waals surface area contributed by atoms with Crippen molar-refractivity contribution < 1.29 is 34.1 Å². The first-order valence-corrected chi connectivity index (χ1v) is 13.6. The zero-order valence-corrected chi connectivity index (χ0v) is 23.4. The molecule has 1 aliphatic heterocycles. The first kappa shape index (κ1) is 30.7. The summed E-state index contributed by atoms with van der Waals surface area (Å²) in [5.74, 6) is -1.43. The number of aliphatic hydroxyl groups excluding tert-OH is 1. The second kappa shape index (κ2) is 13.5. The Morgan fingerprint density at radius 2 is 1.88 bits per heavy atom. The highest BCUT2D eigenvalue weighted by atomic mass is 16.6. The molecule has 1 saturated heterocycles. The van der Waals surface area contributed by atoms with E-state index in [1.807, 2.05) is 6.92 Å². The molecule has 3 rings (SSSR count). The Kier molecular flexibility index (Phi) is 10.4. The van der Waals surface area contributed by atoms with Gasteiger partial charge in [0.25, 0.3) is 5.91 Å². The van der Waals surface area contributed by atoms with E-state index in [0.29, 0.717) is 11.5 Å². The highest BCUT2D eigenvalue weighted by molar-refractivity contribution is 6.07. The summed E-state index contributed by atoms with van der Waals surface area (Å²) in [6, 6.07) is 0. The Labute approximate surface area is 234 Å². The van der Waals surface area contributed by atoms with Gasteiger partial charge in [-0.3, -0.25) is 19.2 Å². The smallest absolute Gasteiger partial charge is 0.251 e. The third-order valence-corrected chi connectivity index (χ3v) is 6.81. The van der Waals surface area contributed by atoms with E-state index in [-0.39, 0.29) is 35.8 Å². The van der Waals surface area contributed by atoms with Crippen molar-refractivity contribution in [3.8, 4) is 0 Å². The van der Waals surface area contributed by atoms with E-state index in [0.717, 1.165) is 24.8 Å². The number of aliphatic hydroxyl groups is 2. The van der Waals surface area contributed by atoms with Gasteiger partial charge in [0.15, 0.2) is 11.9 Å². The molecule has 3 aliphatic rings. The maximum Gasteiger partial charge on any atom is 0.251 e. The number of fused-ring (bicyclic) bond motifs is 1. The number of amides is 2. The van der Waals surface area contributed by atoms with Crippen molar-refractivity contribution in [2.75, 3.05) is 0 Å². The van der Waals surface area contributed by atoms with Crippen molar-refractivity contribution in [2.45, 2.75) is 77.6 Å². The lowest BCUT2D eigenvalue weighted by molar-refractivity contribution is -0.121. The molecule has 0 unspecified atom stereocenters. The molecule has 4 atom stereocenters. The number of rotatable bonds is 12. The van der Waals surface area contributed by atoms with Gasteiger partial charge in [-0.15, -0.1) is 0 Å². The van der Waals surface area contributed by atoms with Crippen molar-refractivity contribution in [1.82, 2.24) is 10.6 Å². The molecule has 4 N–H and O–H groups in total. The fourth-order valence-corrected chi connectivity index (χ4v) is 4.61. The molecule has 0 radical (unpaired) electrons. The molecule has 2 amide bonds. The van der Waals surface area contributed by atoms with Crippen LogP contribution < -0.4 is 10.6 Å². The number of carbonyl (C=O) groups excluding carboxylic acids is 4. The molecule has 214 valence electrons. The van der Waals surface area contributed by atoms with Crippen LogP contribution in [0.2, 0.25) is 0 Å². The van der Waals surface area contributed by atoms with Gasteiger partial charge in [-0.2, -0.15) is 0 Å². The van der Waals surface area contributed by atoms with Gasteiger partial charge >= 0.3 is 0 Å². The van der Waals surface area contributed by atoms with Crippen LogP contribution in [-0.4, -0.2) is 51.4 Å². The maximum atomic E-state index is 12.8. The third-order valence-electron chi connectivity index (χ3n) is 6.81. The van der Waals surface area contributed by atoms with Crippen molar-refractivity contribution in [2.24, 2.45) is 5.92 Å². The summed E-state index contributed by atoms with van der Waals surface area (Å²) in [5, 5.41) is 25.7. The Morgan fingerprint density at radius 3 is 2.55 bits per heavy atom. The number of nitrogens with one attached hydrogen (secondary N) is 2. The minimum atomic E-state index is -1.61. The zero-order valence-electron chi connectivity index (χ0n) is 23.4. The lowest BCUT2D eigenvalue weighted by Gasteiger charge is -2.23. The molecule has 9 heteroatoms. The molecule has 1 heterocycles. The number of ketones is 2. The number of hydrogen-bond acceptors (Lipinski definition) is 7. The van der Waals surface area contributed by atoms with Crippen LogP contribution in [0.1, 0.15) is 59.8 Å². The van der Waals surface area contributed by atoms with E-state index in [2.05, 4.69) is 30.6 Å². The number of epoxide rings is 1. The van der Waals surface area contributed by atoms with E-state index >= 15 is 0 Å². The van der Waals surface area contributed by atoms with Crippen LogP contribution in [-0.2, 0) is 23.9 Å². The van der Waals surface area contributed by atoms with E-state index in [1.165, 1.54) is 36.5 Å². The summed E-state index contributed by atoms with van der Waals surface area (Å²) < 4.78 is 5.39. The average Bonchev–Trinajstić information content (AvgIpc) is 3.66. The van der Waals surface area contributed by atoms with E-state index < -0.39 is 35.4 Å². The normalized spacial score (nSPS) is 26.1. The highest BCUT2D eigenvalue weighted by Gasteiger charge is 2.59. The molecule has 40 heavy (non-hydrogen) atoms. The molecule has 0 aromatic carbocycles. The SMILES string of the molecule is CCCC[C@H](C)/C=C(C)/C=C(\C)C(=O)NC1=C[C@@](O)(/C=C/C=C/C=C/C(=O)NC2=C(O)CCC2=O)[C@H]2O[C@H]2C1=O. The van der Waals surface area contributed by atoms with Crippen molar-refractivity contribution in [3.63, 3.8) is 0 Å². The van der Waals surface area contributed by atoms with Crippen LogP contribution in [0.15, 0.2) is 83.0 Å². The molecular formula is C31H38N2O7. The van der Waals surface area contributed by atoms with Crippen LogP contribution in [0.4, 0.5) is 0 Å². The number of ether oxygens (including phenoxy) is 1. The van der Waals surface area contributed by atoms with Crippen LogP contribution in [0, 0.1) is 5.92 Å². The van der Waals surface area contributed by atoms with E-state index in [9.17, 15) is 29.4 Å². The highest BCUT2D eigenvalue weighted by Crippen LogP contribution is 2.40. The Bertz CT molecular complexity index is 1260. The van der Waals surface area contributed by atoms with Gasteiger partial charge in [0.1, 0.15) is 23.2 Å². The lowest BCUT2D eigenvalue weighted by atomic mass is 9.88. The second-order valence-corrected chi connectivity index (χ2v) is 10.4. The summed E-state index contributed by atoms with van der Waals surface area (Å²) >= 11 is 0. The second-order valence-electron chi connectivity index (χ2n) is 10.4. The number of Topliss-reactive ketones (excluding diaryl/α,β-unsaturated/α-hetero) is 2. The first-order valence-electron chi connectivity index (χ1n) is 13.6. The van der Waals surface area contributed by atoms with Crippen LogP contribution in [0.3, 0.4) is 0 Å². The first-order chi connectivity index (χ1) is 18.9. The molecule has 2 aliphatic carbocycles. The summed E-state index contributed by atoms with van der Waals surface area (Å²) in [4.78, 5) is 49.0. The summed E-state index contributed by atoms with van der Waals surface area (Å²) in [7, 11) is 0. The molecule has 0 spiro atoms. The number of hydrogen-bond donors (Lipinski definition) is 4. The zero-order chi connectivity index (χ0) is 29.4. The quantitative estimate of drug-likeness (QED) is 0.165. The predicted molar refractivity (Wildman–Crippen MR) is 151 cm³/mol. The number of unbranched alkanes of at least 4 members (excludes halogenated alkanes) is 1. The molecule has 0 bridgehead atoms. The summed E-state index contributed by atoms with van der Waals surface area (Å²) in [6.07, 6.45) is 16.0. The van der Waals surface area contributed by atoms with Crippen LogP contribution in [0.5, 0.6) is 0 Å². The standard InChI is InChI=1S/C31H38N2O7/c1-5-6-11-19(2)16-20(3)17-21(4)30(38)32-22-18-31(39,29-28(40-29)27(22)37)15-10-8-7-9-12-25(36)33-26-23(34)13-14-24(26)35/h7-10,12,15-19,28-29,34,39H,5-6,11,13-14H2,1-4H3,(H,32,38)(H,33,36)/b8-7+,12-9+,15-10+,20-16+,21-17+/t19-,28-,29-,31-/m0/s1. The molecular weight excluding hydrogens is 512 g/mol. The van der Waals surface area contributed by atoms with Crippen molar-refractivity contribution in [3.05, 3.63) is 83.0 Å². The fourth-order valence-electron chi connectivity index (χ4n) is 4.61. The fraction of sp³-hybridized carbons (Fsp3) is 0.419. The molecule has 0 aromatic heterocycles. The topological polar surface area (TPSA) is 145 Å². The Hall–Kier alpha value is -3.82. The minimum Gasteiger partial charge on any atom is -0.510 e. The van der Waals surface area contributed by atoms with Crippen molar-refractivity contribution in [1.29, 1.82) is 0 Å². The number of carbonyl (C=O) groups is 4. The maximum absolute atomic E-state index is 12.8. The Morgan fingerprint density at radius 1 is 1.15 bits per heavy atom. The lowest BCUT2D eigenvalue weighted by Crippen LogP contribution is -2.42. The van der Waals surface area contributed by atoms with Gasteiger partial charge in [-0.1, -0.05) is 68.7 Å². The molecule has 9 nitrogen and oxygen atoms in total. The monoisotopic (exact) mass is 550 g/mol. The molecule has 1 fully saturated rings. The van der Waals surface area contributed by atoms with Crippen LogP contribution in [0.25, 0.3) is 0 Å². The van der Waals surface area contributed by atoms with Gasteiger partial charge in [0.05, 0.1) is 5.70 Å². The van der Waals surface area contributed by atoms with E-state index in [1.54, 1.807) is 19.1 Å². The van der Waals surface area contributed by atoms with Gasteiger partial charge in [0.2, 0.25) is 11.7 Å². The summed E-state index contributed by atoms with van der Waals surface area (Å²) in [5.41, 5.74) is -0.310. The predicted octanol–water partition coefficient (Wildman–Crippen LogP) is 3.70.